The minimum Gasteiger partial charge on any atom is -0.444 e. The molecule has 0 radical (unpaired) electrons. The monoisotopic (exact) mass is 272 g/mol. The number of hydrogen-bond acceptors (Lipinski definition) is 5. The van der Waals surface area contributed by atoms with Gasteiger partial charge in [0.25, 0.3) is 0 Å². The zero-order valence-electron chi connectivity index (χ0n) is 10.8. The summed E-state index contributed by atoms with van der Waals surface area (Å²) in [7, 11) is -2.97. The van der Waals surface area contributed by atoms with Crippen molar-refractivity contribution in [1.29, 1.82) is 0 Å². The van der Waals surface area contributed by atoms with Crippen LogP contribution in [0.4, 0.5) is 0 Å². The van der Waals surface area contributed by atoms with Crippen molar-refractivity contribution in [1.82, 2.24) is 10.3 Å². The number of hydrogen-bond donors (Lipinski definition) is 1. The summed E-state index contributed by atoms with van der Waals surface area (Å²) in [5.41, 5.74) is 0. The fourth-order valence-electron chi connectivity index (χ4n) is 2.48. The number of aryl methyl sites for hydroxylation is 1. The number of oxazole rings is 1. The second-order valence-corrected chi connectivity index (χ2v) is 7.12. The largest absolute Gasteiger partial charge is 0.444 e. The van der Waals surface area contributed by atoms with Crippen LogP contribution in [0.15, 0.2) is 10.6 Å². The van der Waals surface area contributed by atoms with E-state index in [9.17, 15) is 8.42 Å². The zero-order valence-corrected chi connectivity index (χ0v) is 11.7. The lowest BCUT2D eigenvalue weighted by molar-refractivity contribution is 0.414. The number of rotatable bonds is 5. The van der Waals surface area contributed by atoms with Crippen molar-refractivity contribution in [2.45, 2.75) is 50.4 Å². The number of nitrogens with one attached hydrogen (secondary N) is 1. The maximum atomic E-state index is 11.6. The molecule has 1 aliphatic rings. The summed E-state index contributed by atoms with van der Waals surface area (Å²) >= 11 is 0. The highest BCUT2D eigenvalue weighted by Crippen LogP contribution is 2.25. The molecular formula is C12H20N2O3S. The summed E-state index contributed by atoms with van der Waals surface area (Å²) in [6.07, 6.45) is 6.47. The quantitative estimate of drug-likeness (QED) is 0.874. The molecule has 1 fully saturated rings. The van der Waals surface area contributed by atoms with Crippen LogP contribution in [0, 0.1) is 0 Å². The van der Waals surface area contributed by atoms with E-state index >= 15 is 0 Å². The highest BCUT2D eigenvalue weighted by Gasteiger charge is 2.34. The van der Waals surface area contributed by atoms with Crippen molar-refractivity contribution in [2.75, 3.05) is 6.26 Å². The summed E-state index contributed by atoms with van der Waals surface area (Å²) < 4.78 is 28.7. The third-order valence-electron chi connectivity index (χ3n) is 3.47. The van der Waals surface area contributed by atoms with Crippen LogP contribution in [0.5, 0.6) is 0 Å². The highest BCUT2D eigenvalue weighted by atomic mass is 32.2. The molecule has 1 heterocycles. The SMILES string of the molecule is CCc1cnc(CNC2CCCC2S(C)(=O)=O)o1. The third kappa shape index (κ3) is 3.11. The van der Waals surface area contributed by atoms with Gasteiger partial charge in [0.2, 0.25) is 5.89 Å². The van der Waals surface area contributed by atoms with E-state index in [1.807, 2.05) is 6.92 Å². The van der Waals surface area contributed by atoms with Crippen molar-refractivity contribution < 1.29 is 12.8 Å². The first kappa shape index (κ1) is 13.5. The Bertz CT molecular complexity index is 495. The molecule has 6 heteroatoms. The average Bonchev–Trinajstić information content (AvgIpc) is 2.94. The van der Waals surface area contributed by atoms with Gasteiger partial charge < -0.3 is 9.73 Å². The van der Waals surface area contributed by atoms with E-state index in [0.717, 1.165) is 31.4 Å². The summed E-state index contributed by atoms with van der Waals surface area (Å²) in [5, 5.41) is 2.99. The topological polar surface area (TPSA) is 72.2 Å². The molecule has 1 saturated carbocycles. The standard InChI is InChI=1S/C12H20N2O3S/c1-3-9-7-14-12(17-9)8-13-10-5-4-6-11(10)18(2,15)16/h7,10-11,13H,3-6,8H2,1-2H3. The van der Waals surface area contributed by atoms with Crippen LogP contribution in [0.2, 0.25) is 0 Å². The fourth-order valence-corrected chi connectivity index (χ4v) is 3.91. The molecule has 102 valence electrons. The number of nitrogens with zero attached hydrogens (tertiary/aromatic N) is 1. The predicted molar refractivity (Wildman–Crippen MR) is 69.0 cm³/mol. The van der Waals surface area contributed by atoms with Gasteiger partial charge in [0.05, 0.1) is 18.0 Å². The Kier molecular flexibility index (Phi) is 4.07. The van der Waals surface area contributed by atoms with E-state index in [2.05, 4.69) is 10.3 Å². The molecule has 2 rings (SSSR count). The van der Waals surface area contributed by atoms with E-state index in [4.69, 9.17) is 4.42 Å². The molecule has 0 saturated heterocycles. The molecule has 0 spiro atoms. The van der Waals surface area contributed by atoms with Crippen LogP contribution in [0.3, 0.4) is 0 Å². The van der Waals surface area contributed by atoms with Crippen LogP contribution >= 0.6 is 0 Å². The van der Waals surface area contributed by atoms with Crippen molar-refractivity contribution in [3.8, 4) is 0 Å². The smallest absolute Gasteiger partial charge is 0.208 e. The van der Waals surface area contributed by atoms with Gasteiger partial charge in [0, 0.05) is 18.7 Å². The van der Waals surface area contributed by atoms with Gasteiger partial charge in [0.15, 0.2) is 9.84 Å². The lowest BCUT2D eigenvalue weighted by Gasteiger charge is -2.18. The first-order valence-corrected chi connectivity index (χ1v) is 8.32. The van der Waals surface area contributed by atoms with E-state index < -0.39 is 9.84 Å². The lowest BCUT2D eigenvalue weighted by atomic mass is 10.2. The molecule has 0 aromatic carbocycles. The molecule has 0 bridgehead atoms. The van der Waals surface area contributed by atoms with Gasteiger partial charge >= 0.3 is 0 Å². The Balaban J connectivity index is 1.93. The lowest BCUT2D eigenvalue weighted by Crippen LogP contribution is -2.39. The normalized spacial score (nSPS) is 24.6. The van der Waals surface area contributed by atoms with Gasteiger partial charge in [-0.05, 0) is 12.8 Å². The highest BCUT2D eigenvalue weighted by molar-refractivity contribution is 7.91. The van der Waals surface area contributed by atoms with Crippen molar-refractivity contribution in [3.63, 3.8) is 0 Å². The number of aromatic nitrogens is 1. The van der Waals surface area contributed by atoms with Gasteiger partial charge in [-0.15, -0.1) is 0 Å². The van der Waals surface area contributed by atoms with Crippen LogP contribution < -0.4 is 5.32 Å². The van der Waals surface area contributed by atoms with E-state index in [-0.39, 0.29) is 11.3 Å². The van der Waals surface area contributed by atoms with Crippen LogP contribution in [0.25, 0.3) is 0 Å². The summed E-state index contributed by atoms with van der Waals surface area (Å²) in [6.45, 7) is 2.51. The van der Waals surface area contributed by atoms with Crippen LogP contribution in [0.1, 0.15) is 37.8 Å². The minimum absolute atomic E-state index is 0.0250. The Morgan fingerprint density at radius 2 is 2.28 bits per heavy atom. The molecule has 1 N–H and O–H groups in total. The van der Waals surface area contributed by atoms with Crippen molar-refractivity contribution in [3.05, 3.63) is 17.8 Å². The second-order valence-electron chi connectivity index (χ2n) is 4.86. The molecule has 1 aromatic heterocycles. The Morgan fingerprint density at radius 3 is 2.89 bits per heavy atom. The van der Waals surface area contributed by atoms with Crippen molar-refractivity contribution >= 4 is 9.84 Å². The minimum atomic E-state index is -2.97. The second kappa shape index (κ2) is 5.40. The van der Waals surface area contributed by atoms with Gasteiger partial charge in [-0.3, -0.25) is 0 Å². The predicted octanol–water partition coefficient (Wildman–Crippen LogP) is 1.29. The van der Waals surface area contributed by atoms with Crippen LogP contribution in [-0.2, 0) is 22.8 Å². The molecule has 2 unspecified atom stereocenters. The summed E-state index contributed by atoms with van der Waals surface area (Å²) in [5.74, 6) is 1.49. The van der Waals surface area contributed by atoms with Gasteiger partial charge in [0.1, 0.15) is 5.76 Å². The Morgan fingerprint density at radius 1 is 1.50 bits per heavy atom. The molecule has 0 amide bonds. The van der Waals surface area contributed by atoms with Crippen molar-refractivity contribution in [2.24, 2.45) is 0 Å². The van der Waals surface area contributed by atoms with Gasteiger partial charge in [-0.2, -0.15) is 0 Å². The summed E-state index contributed by atoms with van der Waals surface area (Å²) in [4.78, 5) is 4.16. The molecule has 1 aliphatic carbocycles. The molecule has 1 aromatic rings. The van der Waals surface area contributed by atoms with E-state index in [1.54, 1.807) is 6.20 Å². The molecule has 2 atom stereocenters. The van der Waals surface area contributed by atoms with Crippen LogP contribution in [-0.4, -0.2) is 30.9 Å². The Labute approximate surface area is 108 Å². The average molecular weight is 272 g/mol. The maximum Gasteiger partial charge on any atom is 0.208 e. The van der Waals surface area contributed by atoms with Gasteiger partial charge in [-0.25, -0.2) is 13.4 Å². The maximum absolute atomic E-state index is 11.6. The summed E-state index contributed by atoms with van der Waals surface area (Å²) in [6, 6.07) is 0.0250. The Hall–Kier alpha value is -0.880. The molecular weight excluding hydrogens is 252 g/mol. The van der Waals surface area contributed by atoms with E-state index in [0.29, 0.717) is 12.4 Å². The first-order valence-electron chi connectivity index (χ1n) is 6.36. The zero-order chi connectivity index (χ0) is 13.2. The van der Waals surface area contributed by atoms with E-state index in [1.165, 1.54) is 6.26 Å². The molecule has 0 aliphatic heterocycles. The number of sulfone groups is 1. The first-order chi connectivity index (χ1) is 8.50. The molecule has 5 nitrogen and oxygen atoms in total. The fraction of sp³-hybridized carbons (Fsp3) is 0.750. The molecule has 18 heavy (non-hydrogen) atoms. The third-order valence-corrected chi connectivity index (χ3v) is 5.13. The van der Waals surface area contributed by atoms with Gasteiger partial charge in [-0.1, -0.05) is 13.3 Å².